The van der Waals surface area contributed by atoms with E-state index in [9.17, 15) is 18.0 Å². The number of nitrogens with zero attached hydrogens (tertiary/aromatic N) is 2. The molecule has 40 heavy (non-hydrogen) atoms. The summed E-state index contributed by atoms with van der Waals surface area (Å²) in [5.41, 5.74) is 7.62. The normalized spacial score (nSPS) is 11.5. The number of hydrogen-bond acceptors (Lipinski definition) is 5. The van der Waals surface area contributed by atoms with Crippen molar-refractivity contribution in [2.45, 2.75) is 20.4 Å². The van der Waals surface area contributed by atoms with E-state index in [1.165, 1.54) is 4.31 Å². The third-order valence-corrected chi connectivity index (χ3v) is 7.43. The first-order valence-electron chi connectivity index (χ1n) is 12.6. The quantitative estimate of drug-likeness (QED) is 0.214. The molecule has 0 aliphatic heterocycles. The van der Waals surface area contributed by atoms with Crippen molar-refractivity contribution in [3.05, 3.63) is 131 Å². The number of aryl methyl sites for hydroxylation is 1. The number of sulfonamides is 1. The summed E-state index contributed by atoms with van der Waals surface area (Å²) in [5.74, 6) is -0.665. The molecule has 0 spiro atoms. The number of carbonyl (C=O) groups is 2. The molecule has 2 amide bonds. The fraction of sp³-hybridized carbons (Fsp3) is 0.129. The maximum Gasteiger partial charge on any atom is 0.271 e. The van der Waals surface area contributed by atoms with Crippen LogP contribution in [0.4, 0.5) is 11.4 Å². The zero-order valence-corrected chi connectivity index (χ0v) is 23.3. The van der Waals surface area contributed by atoms with E-state index in [0.717, 1.165) is 22.9 Å². The van der Waals surface area contributed by atoms with Gasteiger partial charge in [-0.25, -0.2) is 13.8 Å². The first kappa shape index (κ1) is 28.3. The molecule has 0 saturated carbocycles. The lowest BCUT2D eigenvalue weighted by Crippen LogP contribution is -2.29. The van der Waals surface area contributed by atoms with Crippen molar-refractivity contribution >= 4 is 38.9 Å². The lowest BCUT2D eigenvalue weighted by Gasteiger charge is -2.23. The lowest BCUT2D eigenvalue weighted by molar-refractivity contribution is 0.0954. The predicted molar refractivity (Wildman–Crippen MR) is 159 cm³/mol. The van der Waals surface area contributed by atoms with Crippen LogP contribution in [0.5, 0.6) is 0 Å². The fourth-order valence-electron chi connectivity index (χ4n) is 4.00. The van der Waals surface area contributed by atoms with Gasteiger partial charge in [-0.3, -0.25) is 13.9 Å². The number of amides is 2. The van der Waals surface area contributed by atoms with Crippen molar-refractivity contribution in [2.24, 2.45) is 5.10 Å². The van der Waals surface area contributed by atoms with E-state index in [4.69, 9.17) is 0 Å². The molecule has 4 aromatic carbocycles. The van der Waals surface area contributed by atoms with E-state index in [0.29, 0.717) is 28.2 Å². The summed E-state index contributed by atoms with van der Waals surface area (Å²) in [4.78, 5) is 25.2. The Bertz CT molecular complexity index is 1650. The van der Waals surface area contributed by atoms with Crippen LogP contribution in [0.3, 0.4) is 0 Å². The summed E-state index contributed by atoms with van der Waals surface area (Å²) < 4.78 is 26.4. The number of carbonyl (C=O) groups excluding carboxylic acids is 2. The molecule has 0 aliphatic rings. The molecule has 4 aromatic rings. The number of rotatable bonds is 9. The van der Waals surface area contributed by atoms with Gasteiger partial charge in [-0.15, -0.1) is 0 Å². The first-order valence-corrected chi connectivity index (χ1v) is 14.4. The Hall–Kier alpha value is -4.76. The van der Waals surface area contributed by atoms with Crippen LogP contribution in [0.2, 0.25) is 0 Å². The Morgan fingerprint density at radius 1 is 0.775 bits per heavy atom. The SMILES string of the molecule is C/C(=N/NC(=O)c1ccc(N(Cc2ccccc2C)S(C)(=O)=O)cc1)c1cccc(NC(=O)c2ccccc2)c1. The first-order chi connectivity index (χ1) is 19.1. The predicted octanol–water partition coefficient (Wildman–Crippen LogP) is 5.37. The summed E-state index contributed by atoms with van der Waals surface area (Å²) in [7, 11) is -3.56. The van der Waals surface area contributed by atoms with Gasteiger partial charge < -0.3 is 5.32 Å². The monoisotopic (exact) mass is 554 g/mol. The minimum absolute atomic E-state index is 0.186. The van der Waals surface area contributed by atoms with Crippen molar-refractivity contribution in [1.29, 1.82) is 0 Å². The minimum Gasteiger partial charge on any atom is -0.322 e. The van der Waals surface area contributed by atoms with E-state index in [-0.39, 0.29) is 12.5 Å². The third-order valence-electron chi connectivity index (χ3n) is 6.29. The van der Waals surface area contributed by atoms with Gasteiger partial charge in [0.05, 0.1) is 24.2 Å². The largest absolute Gasteiger partial charge is 0.322 e. The van der Waals surface area contributed by atoms with E-state index in [1.807, 2.05) is 43.3 Å². The van der Waals surface area contributed by atoms with Crippen molar-refractivity contribution in [2.75, 3.05) is 15.9 Å². The molecule has 0 bridgehead atoms. The second-order valence-electron chi connectivity index (χ2n) is 9.28. The van der Waals surface area contributed by atoms with Gasteiger partial charge >= 0.3 is 0 Å². The van der Waals surface area contributed by atoms with Gasteiger partial charge in [0.1, 0.15) is 0 Å². The second-order valence-corrected chi connectivity index (χ2v) is 11.2. The maximum atomic E-state index is 12.8. The molecule has 0 aromatic heterocycles. The lowest BCUT2D eigenvalue weighted by atomic mass is 10.1. The molecule has 204 valence electrons. The minimum atomic E-state index is -3.56. The van der Waals surface area contributed by atoms with E-state index in [2.05, 4.69) is 15.8 Å². The highest BCUT2D eigenvalue weighted by molar-refractivity contribution is 7.92. The van der Waals surface area contributed by atoms with Crippen molar-refractivity contribution in [3.8, 4) is 0 Å². The molecule has 0 fully saturated rings. The number of nitrogens with one attached hydrogen (secondary N) is 2. The number of anilines is 2. The highest BCUT2D eigenvalue weighted by atomic mass is 32.2. The van der Waals surface area contributed by atoms with Crippen LogP contribution in [-0.2, 0) is 16.6 Å². The maximum absolute atomic E-state index is 12.8. The van der Waals surface area contributed by atoms with Gasteiger partial charge in [0.2, 0.25) is 10.0 Å². The fourth-order valence-corrected chi connectivity index (χ4v) is 4.88. The van der Waals surface area contributed by atoms with Gasteiger partial charge in [-0.1, -0.05) is 54.6 Å². The summed E-state index contributed by atoms with van der Waals surface area (Å²) >= 11 is 0. The number of hydrogen-bond donors (Lipinski definition) is 2. The highest BCUT2D eigenvalue weighted by Gasteiger charge is 2.19. The molecule has 4 rings (SSSR count). The van der Waals surface area contributed by atoms with Crippen LogP contribution in [0.25, 0.3) is 0 Å². The van der Waals surface area contributed by atoms with Crippen LogP contribution in [-0.4, -0.2) is 32.2 Å². The molecular weight excluding hydrogens is 524 g/mol. The molecule has 0 aliphatic carbocycles. The summed E-state index contributed by atoms with van der Waals surface area (Å²) in [6, 6.07) is 30.0. The standard InChI is InChI=1S/C31H30N4O4S/c1-22-10-7-8-13-27(22)21-35(40(3,38)39)29-18-16-25(17-19-29)31(37)34-33-23(2)26-14-9-15-28(20-26)32-30(36)24-11-5-4-6-12-24/h4-20H,21H2,1-3H3,(H,32,36)(H,34,37)/b33-23-. The number of hydrazone groups is 1. The Morgan fingerprint density at radius 3 is 2.08 bits per heavy atom. The number of benzene rings is 4. The smallest absolute Gasteiger partial charge is 0.271 e. The second kappa shape index (κ2) is 12.4. The summed E-state index contributed by atoms with van der Waals surface area (Å²) in [6.45, 7) is 3.87. The molecule has 0 unspecified atom stereocenters. The van der Waals surface area contributed by atoms with E-state index in [1.54, 1.807) is 73.7 Å². The van der Waals surface area contributed by atoms with E-state index < -0.39 is 15.9 Å². The average molecular weight is 555 g/mol. The van der Waals surface area contributed by atoms with Crippen LogP contribution >= 0.6 is 0 Å². The van der Waals surface area contributed by atoms with Crippen LogP contribution in [0, 0.1) is 6.92 Å². The molecule has 0 radical (unpaired) electrons. The Labute approximate surface area is 234 Å². The van der Waals surface area contributed by atoms with Gasteiger partial charge in [0.15, 0.2) is 0 Å². The van der Waals surface area contributed by atoms with Gasteiger partial charge in [-0.05, 0) is 79.1 Å². The summed E-state index contributed by atoms with van der Waals surface area (Å²) in [5, 5.41) is 7.07. The highest BCUT2D eigenvalue weighted by Crippen LogP contribution is 2.22. The molecule has 2 N–H and O–H groups in total. The molecule has 0 heterocycles. The van der Waals surface area contributed by atoms with Crippen molar-refractivity contribution < 1.29 is 18.0 Å². The average Bonchev–Trinajstić information content (AvgIpc) is 2.95. The molecule has 0 saturated heterocycles. The molecule has 0 atom stereocenters. The molecule has 8 nitrogen and oxygen atoms in total. The zero-order chi connectivity index (χ0) is 28.7. The van der Waals surface area contributed by atoms with E-state index >= 15 is 0 Å². The van der Waals surface area contributed by atoms with Crippen LogP contribution in [0.15, 0.2) is 108 Å². The molecule has 9 heteroatoms. The van der Waals surface area contributed by atoms with Gasteiger partial charge in [0.25, 0.3) is 11.8 Å². The van der Waals surface area contributed by atoms with Crippen molar-refractivity contribution in [1.82, 2.24) is 5.43 Å². The Balaban J connectivity index is 1.43. The zero-order valence-electron chi connectivity index (χ0n) is 22.5. The Morgan fingerprint density at radius 2 is 1.40 bits per heavy atom. The van der Waals surface area contributed by atoms with Crippen LogP contribution in [0.1, 0.15) is 44.3 Å². The Kier molecular flexibility index (Phi) is 8.76. The third kappa shape index (κ3) is 7.21. The molecular formula is C31H30N4O4S. The van der Waals surface area contributed by atoms with Crippen LogP contribution < -0.4 is 15.0 Å². The van der Waals surface area contributed by atoms with Gasteiger partial charge in [0, 0.05) is 16.8 Å². The summed E-state index contributed by atoms with van der Waals surface area (Å²) in [6.07, 6.45) is 1.16. The topological polar surface area (TPSA) is 108 Å². The van der Waals surface area contributed by atoms with Gasteiger partial charge in [-0.2, -0.15) is 5.10 Å². The van der Waals surface area contributed by atoms with Crippen molar-refractivity contribution in [3.63, 3.8) is 0 Å².